The maximum Gasteiger partial charge on any atom is 0.196 e. The molecule has 2 rings (SSSR count). The summed E-state index contributed by atoms with van der Waals surface area (Å²) in [4.78, 5) is 12.3. The number of furan rings is 1. The van der Waals surface area contributed by atoms with Crippen LogP contribution in [0, 0.1) is 0 Å². The first-order chi connectivity index (χ1) is 8.26. The quantitative estimate of drug-likeness (QED) is 0.748. The van der Waals surface area contributed by atoms with E-state index in [9.17, 15) is 4.79 Å². The Morgan fingerprint density at radius 3 is 2.59 bits per heavy atom. The van der Waals surface area contributed by atoms with Gasteiger partial charge in [0.15, 0.2) is 5.78 Å². The van der Waals surface area contributed by atoms with Gasteiger partial charge in [-0.1, -0.05) is 26.0 Å². The molecule has 0 aliphatic rings. The highest BCUT2D eigenvalue weighted by atomic mass is 16.3. The van der Waals surface area contributed by atoms with Crippen molar-refractivity contribution in [2.24, 2.45) is 0 Å². The van der Waals surface area contributed by atoms with Gasteiger partial charge in [0.2, 0.25) is 0 Å². The van der Waals surface area contributed by atoms with Crippen LogP contribution in [0.2, 0.25) is 0 Å². The highest BCUT2D eigenvalue weighted by Gasteiger charge is 2.14. The van der Waals surface area contributed by atoms with Crippen LogP contribution in [0.4, 0.5) is 0 Å². The van der Waals surface area contributed by atoms with Crippen molar-refractivity contribution in [2.75, 3.05) is 0 Å². The Labute approximate surface area is 101 Å². The summed E-state index contributed by atoms with van der Waals surface area (Å²) in [6.07, 6.45) is 4.83. The van der Waals surface area contributed by atoms with Crippen molar-refractivity contribution in [3.63, 3.8) is 0 Å². The fourth-order valence-electron chi connectivity index (χ4n) is 1.91. The van der Waals surface area contributed by atoms with Crippen LogP contribution in [0.15, 0.2) is 41.2 Å². The minimum atomic E-state index is 0.0471. The second kappa shape index (κ2) is 5.00. The van der Waals surface area contributed by atoms with E-state index in [2.05, 4.69) is 19.9 Å². The minimum Gasteiger partial charge on any atom is -0.472 e. The van der Waals surface area contributed by atoms with E-state index in [4.69, 9.17) is 4.42 Å². The second-order valence-corrected chi connectivity index (χ2v) is 4.04. The van der Waals surface area contributed by atoms with Crippen LogP contribution in [0.5, 0.6) is 0 Å². The van der Waals surface area contributed by atoms with Crippen LogP contribution in [0.25, 0.3) is 0 Å². The zero-order valence-electron chi connectivity index (χ0n) is 10.2. The first-order valence-electron chi connectivity index (χ1n) is 5.95. The maximum atomic E-state index is 12.3. The van der Waals surface area contributed by atoms with E-state index in [0.717, 1.165) is 24.0 Å². The van der Waals surface area contributed by atoms with Gasteiger partial charge < -0.3 is 4.42 Å². The fourth-order valence-corrected chi connectivity index (χ4v) is 1.91. The lowest BCUT2D eigenvalue weighted by molar-refractivity contribution is 0.103. The van der Waals surface area contributed by atoms with E-state index in [1.54, 1.807) is 6.07 Å². The molecule has 0 spiro atoms. The molecule has 1 heterocycles. The van der Waals surface area contributed by atoms with Crippen LogP contribution >= 0.6 is 0 Å². The molecule has 0 radical (unpaired) electrons. The maximum absolute atomic E-state index is 12.3. The molecule has 88 valence electrons. The summed E-state index contributed by atoms with van der Waals surface area (Å²) in [5.74, 6) is 0.0471. The molecular weight excluding hydrogens is 212 g/mol. The van der Waals surface area contributed by atoms with Gasteiger partial charge in [-0.3, -0.25) is 4.79 Å². The van der Waals surface area contributed by atoms with Gasteiger partial charge in [0.25, 0.3) is 0 Å². The summed E-state index contributed by atoms with van der Waals surface area (Å²) >= 11 is 0. The van der Waals surface area contributed by atoms with Crippen molar-refractivity contribution in [3.05, 3.63) is 59.0 Å². The van der Waals surface area contributed by atoms with E-state index in [-0.39, 0.29) is 5.78 Å². The summed E-state index contributed by atoms with van der Waals surface area (Å²) in [6.45, 7) is 4.15. The van der Waals surface area contributed by atoms with Crippen LogP contribution in [-0.2, 0) is 12.8 Å². The molecule has 1 aromatic carbocycles. The number of hydrogen-bond acceptors (Lipinski definition) is 2. The number of benzene rings is 1. The van der Waals surface area contributed by atoms with E-state index < -0.39 is 0 Å². The van der Waals surface area contributed by atoms with Gasteiger partial charge in [-0.05, 0) is 36.1 Å². The van der Waals surface area contributed by atoms with Gasteiger partial charge in [0.05, 0.1) is 11.8 Å². The number of carbonyl (C=O) groups is 1. The van der Waals surface area contributed by atoms with Crippen molar-refractivity contribution in [1.29, 1.82) is 0 Å². The molecule has 0 saturated carbocycles. The number of rotatable bonds is 4. The molecule has 0 amide bonds. The van der Waals surface area contributed by atoms with Gasteiger partial charge in [-0.15, -0.1) is 0 Å². The predicted octanol–water partition coefficient (Wildman–Crippen LogP) is 3.64. The summed E-state index contributed by atoms with van der Waals surface area (Å²) in [5, 5.41) is 0. The Kier molecular flexibility index (Phi) is 3.43. The Morgan fingerprint density at radius 2 is 2.00 bits per heavy atom. The van der Waals surface area contributed by atoms with Gasteiger partial charge in [0.1, 0.15) is 6.26 Å². The lowest BCUT2D eigenvalue weighted by Crippen LogP contribution is -2.05. The highest BCUT2D eigenvalue weighted by molar-refractivity contribution is 6.09. The van der Waals surface area contributed by atoms with E-state index in [1.165, 1.54) is 18.1 Å². The van der Waals surface area contributed by atoms with E-state index in [0.29, 0.717) is 5.56 Å². The van der Waals surface area contributed by atoms with Crippen LogP contribution < -0.4 is 0 Å². The number of ketones is 1. The Balaban J connectivity index is 2.45. The first kappa shape index (κ1) is 11.6. The molecule has 0 atom stereocenters. The van der Waals surface area contributed by atoms with Crippen LogP contribution in [-0.4, -0.2) is 5.78 Å². The third-order valence-electron chi connectivity index (χ3n) is 2.99. The molecule has 0 saturated heterocycles. The number of aryl methyl sites for hydroxylation is 2. The molecule has 2 aromatic rings. The lowest BCUT2D eigenvalue weighted by atomic mass is 9.95. The largest absolute Gasteiger partial charge is 0.472 e. The molecular formula is C15H16O2. The SMILES string of the molecule is CCc1ccc(CC)c(C(=O)c2ccoc2)c1. The zero-order chi connectivity index (χ0) is 12.3. The van der Waals surface area contributed by atoms with Crippen molar-refractivity contribution < 1.29 is 9.21 Å². The third kappa shape index (κ3) is 2.31. The Hall–Kier alpha value is -1.83. The van der Waals surface area contributed by atoms with Crippen molar-refractivity contribution >= 4 is 5.78 Å². The van der Waals surface area contributed by atoms with Gasteiger partial charge >= 0.3 is 0 Å². The summed E-state index contributed by atoms with van der Waals surface area (Å²) in [7, 11) is 0. The lowest BCUT2D eigenvalue weighted by Gasteiger charge is -2.08. The molecule has 1 aromatic heterocycles. The molecule has 0 aliphatic carbocycles. The molecule has 0 unspecified atom stereocenters. The Morgan fingerprint density at radius 1 is 1.18 bits per heavy atom. The number of hydrogen-bond donors (Lipinski definition) is 0. The number of carbonyl (C=O) groups excluding carboxylic acids is 1. The second-order valence-electron chi connectivity index (χ2n) is 4.04. The normalized spacial score (nSPS) is 10.5. The molecule has 0 N–H and O–H groups in total. The first-order valence-corrected chi connectivity index (χ1v) is 5.95. The van der Waals surface area contributed by atoms with Gasteiger partial charge in [-0.25, -0.2) is 0 Å². The van der Waals surface area contributed by atoms with Gasteiger partial charge in [-0.2, -0.15) is 0 Å². The van der Waals surface area contributed by atoms with Crippen molar-refractivity contribution in [1.82, 2.24) is 0 Å². The Bertz CT molecular complexity index is 510. The minimum absolute atomic E-state index is 0.0471. The van der Waals surface area contributed by atoms with Crippen molar-refractivity contribution in [2.45, 2.75) is 26.7 Å². The molecule has 2 nitrogen and oxygen atoms in total. The summed E-state index contributed by atoms with van der Waals surface area (Å²) < 4.78 is 4.97. The molecule has 2 heteroatoms. The summed E-state index contributed by atoms with van der Waals surface area (Å²) in [6, 6.07) is 7.84. The molecule has 17 heavy (non-hydrogen) atoms. The standard InChI is InChI=1S/C15H16O2/c1-3-11-5-6-12(4-2)14(9-11)15(16)13-7-8-17-10-13/h5-10H,3-4H2,1-2H3. The van der Waals surface area contributed by atoms with Crippen LogP contribution in [0.1, 0.15) is 40.9 Å². The monoisotopic (exact) mass is 228 g/mol. The van der Waals surface area contributed by atoms with E-state index in [1.807, 2.05) is 12.1 Å². The highest BCUT2D eigenvalue weighted by Crippen LogP contribution is 2.18. The molecule has 0 aliphatic heterocycles. The fraction of sp³-hybridized carbons (Fsp3) is 0.267. The average molecular weight is 228 g/mol. The zero-order valence-corrected chi connectivity index (χ0v) is 10.2. The predicted molar refractivity (Wildman–Crippen MR) is 67.3 cm³/mol. The third-order valence-corrected chi connectivity index (χ3v) is 2.99. The van der Waals surface area contributed by atoms with Crippen LogP contribution in [0.3, 0.4) is 0 Å². The molecule has 0 fully saturated rings. The van der Waals surface area contributed by atoms with Crippen molar-refractivity contribution in [3.8, 4) is 0 Å². The topological polar surface area (TPSA) is 30.2 Å². The van der Waals surface area contributed by atoms with E-state index >= 15 is 0 Å². The average Bonchev–Trinajstić information content (AvgIpc) is 2.91. The smallest absolute Gasteiger partial charge is 0.196 e. The molecule has 0 bridgehead atoms. The summed E-state index contributed by atoms with van der Waals surface area (Å²) in [5.41, 5.74) is 3.70. The van der Waals surface area contributed by atoms with Gasteiger partial charge in [0, 0.05) is 5.56 Å².